The summed E-state index contributed by atoms with van der Waals surface area (Å²) >= 11 is 0. The molecule has 3 heterocycles. The van der Waals surface area contributed by atoms with Gasteiger partial charge in [0.25, 0.3) is 0 Å². The van der Waals surface area contributed by atoms with Crippen molar-refractivity contribution >= 4 is 16.9 Å². The van der Waals surface area contributed by atoms with Crippen LogP contribution in [0.3, 0.4) is 0 Å². The Labute approximate surface area is 154 Å². The van der Waals surface area contributed by atoms with E-state index >= 15 is 0 Å². The molecule has 0 bridgehead atoms. The molecule has 4 rings (SSSR count). The van der Waals surface area contributed by atoms with Crippen molar-refractivity contribution in [3.63, 3.8) is 0 Å². The number of fused-ring (bicyclic) bond motifs is 1. The summed E-state index contributed by atoms with van der Waals surface area (Å²) in [5, 5.41) is 24.5. The molecule has 27 heavy (non-hydrogen) atoms. The lowest BCUT2D eigenvalue weighted by molar-refractivity contribution is 0.776. The number of aromatic nitrogens is 4. The summed E-state index contributed by atoms with van der Waals surface area (Å²) in [7, 11) is 1.81. The fourth-order valence-electron chi connectivity index (χ4n) is 3.09. The predicted octanol–water partition coefficient (Wildman–Crippen LogP) is 3.02. The normalized spacial score (nSPS) is 10.5. The molecule has 7 heteroatoms. The Morgan fingerprint density at radius 2 is 1.78 bits per heavy atom. The van der Waals surface area contributed by atoms with Gasteiger partial charge in [-0.3, -0.25) is 4.68 Å². The van der Waals surface area contributed by atoms with Gasteiger partial charge in [-0.15, -0.1) is 0 Å². The van der Waals surface area contributed by atoms with Crippen molar-refractivity contribution in [1.82, 2.24) is 19.7 Å². The van der Waals surface area contributed by atoms with E-state index in [1.807, 2.05) is 49.6 Å². The molecule has 128 valence electrons. The van der Waals surface area contributed by atoms with E-state index in [1.165, 1.54) is 0 Å². The number of pyridine rings is 2. The molecule has 0 radical (unpaired) electrons. The Morgan fingerprint density at radius 3 is 2.48 bits per heavy atom. The van der Waals surface area contributed by atoms with Crippen LogP contribution >= 0.6 is 0 Å². The summed E-state index contributed by atoms with van der Waals surface area (Å²) in [6.45, 7) is 0. The highest BCUT2D eigenvalue weighted by atomic mass is 15.3. The van der Waals surface area contributed by atoms with E-state index in [4.69, 9.17) is 5.73 Å². The quantitative estimate of drug-likeness (QED) is 0.593. The van der Waals surface area contributed by atoms with Gasteiger partial charge in [0.15, 0.2) is 5.65 Å². The van der Waals surface area contributed by atoms with E-state index in [1.54, 1.807) is 10.9 Å². The third-order valence-electron chi connectivity index (χ3n) is 4.26. The molecule has 0 saturated carbocycles. The monoisotopic (exact) mass is 351 g/mol. The summed E-state index contributed by atoms with van der Waals surface area (Å²) in [4.78, 5) is 8.69. The van der Waals surface area contributed by atoms with Crippen LogP contribution < -0.4 is 5.73 Å². The van der Waals surface area contributed by atoms with E-state index in [0.29, 0.717) is 22.5 Å². The SMILES string of the molecule is Cn1cc2cc(-c3nc(N)c(C#N)c(-c4ccccc4)c3C#N)cnc2n1. The molecule has 0 fully saturated rings. The Hall–Kier alpha value is -4.23. The third-order valence-corrected chi connectivity index (χ3v) is 4.26. The molecule has 0 saturated heterocycles. The molecular weight excluding hydrogens is 338 g/mol. The minimum Gasteiger partial charge on any atom is -0.383 e. The minimum atomic E-state index is 0.0802. The Kier molecular flexibility index (Phi) is 3.76. The van der Waals surface area contributed by atoms with Crippen LogP contribution in [0.2, 0.25) is 0 Å². The molecule has 0 aliphatic heterocycles. The number of aryl methyl sites for hydroxylation is 1. The summed E-state index contributed by atoms with van der Waals surface area (Å²) in [6, 6.07) is 15.4. The topological polar surface area (TPSA) is 117 Å². The maximum atomic E-state index is 9.87. The highest BCUT2D eigenvalue weighted by Crippen LogP contribution is 2.36. The predicted molar refractivity (Wildman–Crippen MR) is 101 cm³/mol. The van der Waals surface area contributed by atoms with Crippen molar-refractivity contribution in [3.8, 4) is 34.5 Å². The molecule has 2 N–H and O–H groups in total. The van der Waals surface area contributed by atoms with Crippen molar-refractivity contribution < 1.29 is 0 Å². The Morgan fingerprint density at radius 1 is 1.04 bits per heavy atom. The number of nitriles is 2. The first kappa shape index (κ1) is 16.2. The van der Waals surface area contributed by atoms with Crippen LogP contribution in [0.4, 0.5) is 5.82 Å². The van der Waals surface area contributed by atoms with E-state index in [0.717, 1.165) is 10.9 Å². The van der Waals surface area contributed by atoms with Gasteiger partial charge in [-0.05, 0) is 11.6 Å². The number of hydrogen-bond donors (Lipinski definition) is 1. The Bertz CT molecular complexity index is 1260. The first-order chi connectivity index (χ1) is 13.1. The molecule has 0 amide bonds. The molecule has 0 spiro atoms. The first-order valence-electron chi connectivity index (χ1n) is 8.11. The largest absolute Gasteiger partial charge is 0.383 e. The fourth-order valence-corrected chi connectivity index (χ4v) is 3.09. The van der Waals surface area contributed by atoms with Crippen LogP contribution in [-0.4, -0.2) is 19.7 Å². The van der Waals surface area contributed by atoms with Crippen molar-refractivity contribution in [2.75, 3.05) is 5.73 Å². The van der Waals surface area contributed by atoms with Gasteiger partial charge in [-0.25, -0.2) is 9.97 Å². The second-order valence-electron chi connectivity index (χ2n) is 6.00. The van der Waals surface area contributed by atoms with Crippen LogP contribution in [0.15, 0.2) is 48.8 Å². The van der Waals surface area contributed by atoms with Crippen molar-refractivity contribution in [1.29, 1.82) is 10.5 Å². The average molecular weight is 351 g/mol. The third kappa shape index (κ3) is 2.64. The standard InChI is InChI=1S/C20H13N7/c1-27-11-14-7-13(10-24-20(14)26-27)18-15(8-21)17(12-5-3-2-4-6-12)16(9-22)19(23)25-18/h2-7,10-11H,1H3,(H2,23,25). The summed E-state index contributed by atoms with van der Waals surface area (Å²) < 4.78 is 1.67. The second kappa shape index (κ2) is 6.25. The summed E-state index contributed by atoms with van der Waals surface area (Å²) in [6.07, 6.45) is 3.45. The number of rotatable bonds is 2. The first-order valence-corrected chi connectivity index (χ1v) is 8.11. The summed E-state index contributed by atoms with van der Waals surface area (Å²) in [5.74, 6) is 0.0802. The van der Waals surface area contributed by atoms with Crippen molar-refractivity contribution in [2.45, 2.75) is 0 Å². The Balaban J connectivity index is 2.05. The highest BCUT2D eigenvalue weighted by molar-refractivity contribution is 5.89. The van der Waals surface area contributed by atoms with E-state index < -0.39 is 0 Å². The van der Waals surface area contributed by atoms with Gasteiger partial charge in [0, 0.05) is 36.0 Å². The van der Waals surface area contributed by atoms with Gasteiger partial charge >= 0.3 is 0 Å². The smallest absolute Gasteiger partial charge is 0.181 e. The van der Waals surface area contributed by atoms with E-state index in [2.05, 4.69) is 27.2 Å². The number of anilines is 1. The van der Waals surface area contributed by atoms with E-state index in [-0.39, 0.29) is 16.9 Å². The van der Waals surface area contributed by atoms with Crippen LogP contribution in [0.25, 0.3) is 33.4 Å². The number of nitrogens with zero attached hydrogens (tertiary/aromatic N) is 6. The van der Waals surface area contributed by atoms with Gasteiger partial charge in [0.1, 0.15) is 23.5 Å². The molecule has 3 aromatic heterocycles. The second-order valence-corrected chi connectivity index (χ2v) is 6.00. The van der Waals surface area contributed by atoms with Crippen LogP contribution in [0, 0.1) is 22.7 Å². The zero-order valence-corrected chi connectivity index (χ0v) is 14.4. The van der Waals surface area contributed by atoms with Crippen LogP contribution in [-0.2, 0) is 7.05 Å². The average Bonchev–Trinajstić information content (AvgIpc) is 3.06. The number of nitrogens with two attached hydrogens (primary N) is 1. The highest BCUT2D eigenvalue weighted by Gasteiger charge is 2.21. The van der Waals surface area contributed by atoms with Crippen LogP contribution in [0.1, 0.15) is 11.1 Å². The van der Waals surface area contributed by atoms with Gasteiger partial charge in [0.05, 0.1) is 11.3 Å². The van der Waals surface area contributed by atoms with Gasteiger partial charge in [-0.2, -0.15) is 15.6 Å². The summed E-state index contributed by atoms with van der Waals surface area (Å²) in [5.41, 5.74) is 9.40. The number of benzene rings is 1. The molecule has 7 nitrogen and oxygen atoms in total. The van der Waals surface area contributed by atoms with Gasteiger partial charge in [-0.1, -0.05) is 30.3 Å². The molecule has 0 unspecified atom stereocenters. The zero-order chi connectivity index (χ0) is 19.0. The van der Waals surface area contributed by atoms with Crippen molar-refractivity contribution in [3.05, 3.63) is 59.9 Å². The molecular formula is C20H13N7. The van der Waals surface area contributed by atoms with Crippen LogP contribution in [0.5, 0.6) is 0 Å². The molecule has 0 aliphatic rings. The molecule has 4 aromatic rings. The van der Waals surface area contributed by atoms with Gasteiger partial charge in [0.2, 0.25) is 0 Å². The van der Waals surface area contributed by atoms with Crippen molar-refractivity contribution in [2.24, 2.45) is 7.05 Å². The van der Waals surface area contributed by atoms with Gasteiger partial charge < -0.3 is 5.73 Å². The molecule has 1 aromatic carbocycles. The maximum Gasteiger partial charge on any atom is 0.181 e. The molecule has 0 atom stereocenters. The number of nitrogen functional groups attached to an aromatic ring is 1. The van der Waals surface area contributed by atoms with E-state index in [9.17, 15) is 10.5 Å². The zero-order valence-electron chi connectivity index (χ0n) is 14.4. The maximum absolute atomic E-state index is 9.87. The lowest BCUT2D eigenvalue weighted by Gasteiger charge is -2.13. The lowest BCUT2D eigenvalue weighted by Crippen LogP contribution is -2.04. The lowest BCUT2D eigenvalue weighted by atomic mass is 9.93. The number of hydrogen-bond acceptors (Lipinski definition) is 6. The minimum absolute atomic E-state index is 0.0802. The molecule has 0 aliphatic carbocycles. The fraction of sp³-hybridized carbons (Fsp3) is 0.0500.